The molecule has 2 fully saturated rings. The second-order valence-electron chi connectivity index (χ2n) is 7.62. The van der Waals surface area contributed by atoms with Gasteiger partial charge in [-0.25, -0.2) is 0 Å². The topological polar surface area (TPSA) is 0 Å². The first-order valence-electron chi connectivity index (χ1n) is 9.12. The molecular formula is C20H32. The summed E-state index contributed by atoms with van der Waals surface area (Å²) in [5, 5.41) is 0. The van der Waals surface area contributed by atoms with Crippen molar-refractivity contribution in [1.82, 2.24) is 0 Å². The van der Waals surface area contributed by atoms with Crippen LogP contribution in [-0.4, -0.2) is 0 Å². The van der Waals surface area contributed by atoms with Crippen LogP contribution in [-0.2, 0) is 0 Å². The molecule has 0 aliphatic heterocycles. The molecule has 0 heterocycles. The van der Waals surface area contributed by atoms with E-state index >= 15 is 0 Å². The summed E-state index contributed by atoms with van der Waals surface area (Å²) in [5.41, 5.74) is 1.87. The third-order valence-corrected chi connectivity index (χ3v) is 6.27. The summed E-state index contributed by atoms with van der Waals surface area (Å²) in [7, 11) is 0. The second kappa shape index (κ2) is 6.08. The summed E-state index contributed by atoms with van der Waals surface area (Å²) in [6, 6.07) is 0. The highest BCUT2D eigenvalue weighted by atomic mass is 14.5. The van der Waals surface area contributed by atoms with E-state index in [1.165, 1.54) is 44.9 Å². The van der Waals surface area contributed by atoms with Crippen molar-refractivity contribution in [2.75, 3.05) is 0 Å². The van der Waals surface area contributed by atoms with E-state index in [9.17, 15) is 0 Å². The maximum absolute atomic E-state index is 2.59. The Bertz CT molecular complexity index is 389. The van der Waals surface area contributed by atoms with Gasteiger partial charge in [-0.2, -0.15) is 0 Å². The van der Waals surface area contributed by atoms with Crippen LogP contribution in [0.2, 0.25) is 0 Å². The average molecular weight is 272 g/mol. The molecular weight excluding hydrogens is 240 g/mol. The van der Waals surface area contributed by atoms with Gasteiger partial charge in [-0.05, 0) is 67.6 Å². The molecule has 0 heteroatoms. The first kappa shape index (κ1) is 14.4. The molecule has 0 nitrogen and oxygen atoms in total. The van der Waals surface area contributed by atoms with E-state index in [0.29, 0.717) is 0 Å². The summed E-state index contributed by atoms with van der Waals surface area (Å²) < 4.78 is 0. The Morgan fingerprint density at radius 3 is 2.55 bits per heavy atom. The first-order chi connectivity index (χ1) is 9.74. The van der Waals surface area contributed by atoms with E-state index in [0.717, 1.165) is 35.5 Å². The van der Waals surface area contributed by atoms with Crippen LogP contribution in [0.5, 0.6) is 0 Å². The fourth-order valence-corrected chi connectivity index (χ4v) is 5.47. The van der Waals surface area contributed by atoms with Gasteiger partial charge in [0.1, 0.15) is 0 Å². The number of hydrogen-bond donors (Lipinski definition) is 0. The Labute approximate surface area is 125 Å². The van der Waals surface area contributed by atoms with Crippen LogP contribution < -0.4 is 0 Å². The van der Waals surface area contributed by atoms with Crippen LogP contribution >= 0.6 is 0 Å². The largest absolute Gasteiger partial charge is 0.0854 e. The number of fused-ring (bicyclic) bond motifs is 2. The van der Waals surface area contributed by atoms with Gasteiger partial charge < -0.3 is 0 Å². The van der Waals surface area contributed by atoms with Crippen LogP contribution in [0.1, 0.15) is 65.7 Å². The molecule has 0 radical (unpaired) electrons. The van der Waals surface area contributed by atoms with Crippen molar-refractivity contribution in [2.24, 2.45) is 35.5 Å². The summed E-state index contributed by atoms with van der Waals surface area (Å²) in [4.78, 5) is 0. The van der Waals surface area contributed by atoms with Crippen molar-refractivity contribution in [1.29, 1.82) is 0 Å². The highest BCUT2D eigenvalue weighted by molar-refractivity contribution is 5.24. The lowest BCUT2D eigenvalue weighted by atomic mass is 9.70. The average Bonchev–Trinajstić information content (AvgIpc) is 3.11. The number of rotatable bonds is 5. The summed E-state index contributed by atoms with van der Waals surface area (Å²) in [6.45, 7) is 7.05. The standard InChI is InChI=1S/C20H32/c1-4-6-8-18-17(7-5-2)16-12-19(20(18)13-16)15-10-9-14(3)11-15/h7,9-10,14-16,18-20H,4-6,8,11-13H2,1-3H3. The lowest BCUT2D eigenvalue weighted by molar-refractivity contribution is 0.212. The molecule has 0 N–H and O–H groups in total. The Morgan fingerprint density at radius 2 is 1.90 bits per heavy atom. The zero-order chi connectivity index (χ0) is 14.1. The molecule has 112 valence electrons. The molecule has 0 amide bonds. The molecule has 0 spiro atoms. The Kier molecular flexibility index (Phi) is 4.38. The zero-order valence-electron chi connectivity index (χ0n) is 13.6. The fraction of sp³-hybridized carbons (Fsp3) is 0.800. The van der Waals surface area contributed by atoms with Gasteiger partial charge in [-0.15, -0.1) is 0 Å². The van der Waals surface area contributed by atoms with Gasteiger partial charge >= 0.3 is 0 Å². The summed E-state index contributed by atoms with van der Waals surface area (Å²) >= 11 is 0. The van der Waals surface area contributed by atoms with Crippen LogP contribution in [0.15, 0.2) is 23.8 Å². The number of hydrogen-bond acceptors (Lipinski definition) is 0. The summed E-state index contributed by atoms with van der Waals surface area (Å²) in [5.74, 6) is 5.67. The van der Waals surface area contributed by atoms with Gasteiger partial charge in [0, 0.05) is 0 Å². The number of allylic oxidation sites excluding steroid dienone is 4. The molecule has 0 aromatic rings. The number of unbranched alkanes of at least 4 members (excludes halogenated alkanes) is 1. The predicted octanol–water partition coefficient (Wildman–Crippen LogP) is 6.00. The van der Waals surface area contributed by atoms with Crippen molar-refractivity contribution < 1.29 is 0 Å². The third-order valence-electron chi connectivity index (χ3n) is 6.27. The van der Waals surface area contributed by atoms with Gasteiger partial charge in [0.15, 0.2) is 0 Å². The van der Waals surface area contributed by atoms with E-state index < -0.39 is 0 Å². The second-order valence-corrected chi connectivity index (χ2v) is 7.62. The molecule has 20 heavy (non-hydrogen) atoms. The van der Waals surface area contributed by atoms with E-state index in [1.54, 1.807) is 0 Å². The summed E-state index contributed by atoms with van der Waals surface area (Å²) in [6.07, 6.45) is 17.6. The van der Waals surface area contributed by atoms with Crippen LogP contribution in [0.25, 0.3) is 0 Å². The zero-order valence-corrected chi connectivity index (χ0v) is 13.6. The van der Waals surface area contributed by atoms with Crippen LogP contribution in [0.4, 0.5) is 0 Å². The van der Waals surface area contributed by atoms with Crippen molar-refractivity contribution in [3.8, 4) is 0 Å². The Hall–Kier alpha value is -0.520. The molecule has 0 saturated heterocycles. The lowest BCUT2D eigenvalue weighted by Gasteiger charge is -2.35. The molecule has 3 aliphatic rings. The minimum Gasteiger partial charge on any atom is -0.0854 e. The monoisotopic (exact) mass is 272 g/mol. The molecule has 0 aromatic carbocycles. The van der Waals surface area contributed by atoms with E-state index in [-0.39, 0.29) is 0 Å². The third kappa shape index (κ3) is 2.51. The van der Waals surface area contributed by atoms with Gasteiger partial charge in [0.05, 0.1) is 0 Å². The highest BCUT2D eigenvalue weighted by Gasteiger charge is 2.50. The SMILES string of the molecule is CCC=C1C2CC(C3C=CC(C)C3)C(C2)C1CCCC. The van der Waals surface area contributed by atoms with Gasteiger partial charge in [0.2, 0.25) is 0 Å². The van der Waals surface area contributed by atoms with Crippen molar-refractivity contribution in [3.63, 3.8) is 0 Å². The molecule has 2 saturated carbocycles. The van der Waals surface area contributed by atoms with E-state index in [1.807, 2.05) is 5.57 Å². The lowest BCUT2D eigenvalue weighted by Crippen LogP contribution is -2.27. The first-order valence-corrected chi connectivity index (χ1v) is 9.12. The van der Waals surface area contributed by atoms with Gasteiger partial charge in [0.25, 0.3) is 0 Å². The molecule has 6 unspecified atom stereocenters. The van der Waals surface area contributed by atoms with Gasteiger partial charge in [-0.3, -0.25) is 0 Å². The maximum atomic E-state index is 2.59. The Morgan fingerprint density at radius 1 is 1.10 bits per heavy atom. The van der Waals surface area contributed by atoms with Crippen LogP contribution in [0.3, 0.4) is 0 Å². The predicted molar refractivity (Wildman–Crippen MR) is 87.5 cm³/mol. The minimum absolute atomic E-state index is 0.832. The molecule has 3 aliphatic carbocycles. The minimum atomic E-state index is 0.832. The van der Waals surface area contributed by atoms with E-state index in [2.05, 4.69) is 39.0 Å². The normalized spacial score (nSPS) is 44.9. The van der Waals surface area contributed by atoms with Crippen molar-refractivity contribution in [2.45, 2.75) is 65.7 Å². The fourth-order valence-electron chi connectivity index (χ4n) is 5.47. The highest BCUT2D eigenvalue weighted by Crippen LogP contribution is 2.59. The maximum Gasteiger partial charge on any atom is -0.0169 e. The molecule has 2 bridgehead atoms. The van der Waals surface area contributed by atoms with E-state index in [4.69, 9.17) is 0 Å². The van der Waals surface area contributed by atoms with Crippen molar-refractivity contribution in [3.05, 3.63) is 23.8 Å². The van der Waals surface area contributed by atoms with Crippen LogP contribution in [0, 0.1) is 35.5 Å². The smallest absolute Gasteiger partial charge is 0.0169 e. The molecule has 0 aromatic heterocycles. The molecule has 3 rings (SSSR count). The Balaban J connectivity index is 1.73. The quantitative estimate of drug-likeness (QED) is 0.539. The van der Waals surface area contributed by atoms with Gasteiger partial charge in [-0.1, -0.05) is 57.4 Å². The molecule has 6 atom stereocenters. The van der Waals surface area contributed by atoms with Crippen molar-refractivity contribution >= 4 is 0 Å².